The predicted octanol–water partition coefficient (Wildman–Crippen LogP) is 4.73. The largest absolute Gasteiger partial charge is 0.495 e. The molecule has 1 aromatic carbocycles. The van der Waals surface area contributed by atoms with Crippen molar-refractivity contribution in [2.75, 3.05) is 19.0 Å². The molecule has 1 atom stereocenters. The van der Waals surface area contributed by atoms with Crippen LogP contribution >= 0.6 is 22.9 Å². The fraction of sp³-hybridized carbons (Fsp3) is 0.389. The quantitative estimate of drug-likeness (QED) is 0.777. The lowest BCUT2D eigenvalue weighted by molar-refractivity contribution is -0.115. The maximum absolute atomic E-state index is 12.3. The van der Waals surface area contributed by atoms with Crippen LogP contribution in [-0.2, 0) is 4.79 Å². The van der Waals surface area contributed by atoms with Gasteiger partial charge in [-0.1, -0.05) is 38.4 Å². The molecule has 0 aliphatic rings. The van der Waals surface area contributed by atoms with Crippen LogP contribution < -0.4 is 15.4 Å². The Bertz CT molecular complexity index is 681. The van der Waals surface area contributed by atoms with Crippen molar-refractivity contribution in [1.82, 2.24) is 5.32 Å². The number of rotatable bonds is 6. The van der Waals surface area contributed by atoms with Crippen molar-refractivity contribution in [3.05, 3.63) is 45.6 Å². The summed E-state index contributed by atoms with van der Waals surface area (Å²) >= 11 is 7.68. The molecule has 0 spiro atoms. The highest BCUT2D eigenvalue weighted by Crippen LogP contribution is 2.35. The highest BCUT2D eigenvalue weighted by molar-refractivity contribution is 7.10. The number of carbonyl (C=O) groups is 1. The third-order valence-corrected chi connectivity index (χ3v) is 4.77. The van der Waals surface area contributed by atoms with Crippen LogP contribution in [0.2, 0.25) is 5.02 Å². The third kappa shape index (κ3) is 4.97. The number of carbonyl (C=O) groups excluding carboxylic acids is 1. The first-order valence-corrected chi connectivity index (χ1v) is 8.97. The molecular weight excluding hydrogens is 344 g/mol. The SMILES string of the molecule is COc1ccc(Cl)cc1NC(=O)CNC(c1cccs1)C(C)(C)C. The molecule has 0 saturated heterocycles. The van der Waals surface area contributed by atoms with Crippen LogP contribution in [0.3, 0.4) is 0 Å². The van der Waals surface area contributed by atoms with Crippen LogP contribution in [0.4, 0.5) is 5.69 Å². The van der Waals surface area contributed by atoms with Crippen molar-refractivity contribution in [3.8, 4) is 5.75 Å². The lowest BCUT2D eigenvalue weighted by Gasteiger charge is -2.30. The zero-order valence-electron chi connectivity index (χ0n) is 14.4. The fourth-order valence-corrected chi connectivity index (χ4v) is 3.67. The number of methoxy groups -OCH3 is 1. The molecular formula is C18H23ClN2O2S. The van der Waals surface area contributed by atoms with Crippen molar-refractivity contribution in [1.29, 1.82) is 0 Å². The first-order chi connectivity index (χ1) is 11.3. The Labute approximate surface area is 152 Å². The summed E-state index contributed by atoms with van der Waals surface area (Å²) in [7, 11) is 1.56. The van der Waals surface area contributed by atoms with Gasteiger partial charge in [-0.3, -0.25) is 4.79 Å². The second kappa shape index (κ2) is 8.01. The summed E-state index contributed by atoms with van der Waals surface area (Å²) in [6.07, 6.45) is 0. The van der Waals surface area contributed by atoms with Crippen molar-refractivity contribution >= 4 is 34.5 Å². The number of halogens is 1. The van der Waals surface area contributed by atoms with Gasteiger partial charge in [0, 0.05) is 15.9 Å². The number of hydrogen-bond acceptors (Lipinski definition) is 4. The van der Waals surface area contributed by atoms with Crippen molar-refractivity contribution in [2.45, 2.75) is 26.8 Å². The zero-order valence-corrected chi connectivity index (χ0v) is 15.9. The number of amides is 1. The summed E-state index contributed by atoms with van der Waals surface area (Å²) in [4.78, 5) is 13.5. The average molecular weight is 367 g/mol. The van der Waals surface area contributed by atoms with Crippen LogP contribution in [0.5, 0.6) is 5.75 Å². The molecule has 2 rings (SSSR count). The standard InChI is InChI=1S/C18H23ClN2O2S/c1-18(2,3)17(15-6-5-9-24-15)20-11-16(22)21-13-10-12(19)7-8-14(13)23-4/h5-10,17,20H,11H2,1-4H3,(H,21,22). The third-order valence-electron chi connectivity index (χ3n) is 3.60. The second-order valence-corrected chi connectivity index (χ2v) is 8.00. The maximum Gasteiger partial charge on any atom is 0.238 e. The van der Waals surface area contributed by atoms with Crippen LogP contribution in [0.15, 0.2) is 35.7 Å². The van der Waals surface area contributed by atoms with Crippen LogP contribution in [-0.4, -0.2) is 19.6 Å². The van der Waals surface area contributed by atoms with E-state index in [-0.39, 0.29) is 23.9 Å². The van der Waals surface area contributed by atoms with Crippen LogP contribution in [0.1, 0.15) is 31.7 Å². The summed E-state index contributed by atoms with van der Waals surface area (Å²) in [5.74, 6) is 0.444. The molecule has 0 aliphatic heterocycles. The van der Waals surface area contributed by atoms with Gasteiger partial charge in [-0.05, 0) is 35.1 Å². The molecule has 0 saturated carbocycles. The number of benzene rings is 1. The van der Waals surface area contributed by atoms with Gasteiger partial charge >= 0.3 is 0 Å². The van der Waals surface area contributed by atoms with Gasteiger partial charge in [0.05, 0.1) is 19.3 Å². The van der Waals surface area contributed by atoms with E-state index in [1.807, 2.05) is 11.4 Å². The minimum atomic E-state index is -0.138. The van der Waals surface area contributed by atoms with Gasteiger partial charge in [-0.2, -0.15) is 0 Å². The van der Waals surface area contributed by atoms with E-state index >= 15 is 0 Å². The Morgan fingerprint density at radius 2 is 2.08 bits per heavy atom. The van der Waals surface area contributed by atoms with E-state index in [1.54, 1.807) is 36.6 Å². The lowest BCUT2D eigenvalue weighted by Crippen LogP contribution is -2.37. The van der Waals surface area contributed by atoms with E-state index in [1.165, 1.54) is 4.88 Å². The Kier molecular flexibility index (Phi) is 6.27. The van der Waals surface area contributed by atoms with Crippen LogP contribution in [0, 0.1) is 5.41 Å². The molecule has 130 valence electrons. The Hall–Kier alpha value is -1.56. The molecule has 2 aromatic rings. The first-order valence-electron chi connectivity index (χ1n) is 7.71. The molecule has 1 amide bonds. The number of anilines is 1. The molecule has 0 aliphatic carbocycles. The molecule has 1 aromatic heterocycles. The summed E-state index contributed by atoms with van der Waals surface area (Å²) in [5.41, 5.74) is 0.569. The smallest absolute Gasteiger partial charge is 0.238 e. The molecule has 0 fully saturated rings. The molecule has 4 nitrogen and oxygen atoms in total. The van der Waals surface area contributed by atoms with Gasteiger partial charge in [-0.15, -0.1) is 11.3 Å². The molecule has 24 heavy (non-hydrogen) atoms. The summed E-state index contributed by atoms with van der Waals surface area (Å²) < 4.78 is 5.25. The normalized spacial score (nSPS) is 12.7. The number of ether oxygens (including phenoxy) is 1. The highest BCUT2D eigenvalue weighted by atomic mass is 35.5. The van der Waals surface area contributed by atoms with Crippen molar-refractivity contribution < 1.29 is 9.53 Å². The van der Waals surface area contributed by atoms with E-state index in [0.717, 1.165) is 0 Å². The molecule has 0 radical (unpaired) electrons. The minimum Gasteiger partial charge on any atom is -0.495 e. The van der Waals surface area contributed by atoms with Gasteiger partial charge in [0.1, 0.15) is 5.75 Å². The molecule has 1 unspecified atom stereocenters. The Morgan fingerprint density at radius 3 is 2.67 bits per heavy atom. The molecule has 6 heteroatoms. The van der Waals surface area contributed by atoms with E-state index < -0.39 is 0 Å². The highest BCUT2D eigenvalue weighted by Gasteiger charge is 2.27. The van der Waals surface area contributed by atoms with E-state index in [4.69, 9.17) is 16.3 Å². The average Bonchev–Trinajstić information content (AvgIpc) is 3.00. The van der Waals surface area contributed by atoms with Gasteiger partial charge in [0.25, 0.3) is 0 Å². The monoisotopic (exact) mass is 366 g/mol. The molecule has 1 heterocycles. The Morgan fingerprint density at radius 1 is 1.33 bits per heavy atom. The topological polar surface area (TPSA) is 50.4 Å². The van der Waals surface area contributed by atoms with Gasteiger partial charge in [0.2, 0.25) is 5.91 Å². The molecule has 2 N–H and O–H groups in total. The van der Waals surface area contributed by atoms with E-state index in [2.05, 4.69) is 37.5 Å². The zero-order chi connectivity index (χ0) is 17.7. The maximum atomic E-state index is 12.3. The number of hydrogen-bond donors (Lipinski definition) is 2. The second-order valence-electron chi connectivity index (χ2n) is 6.59. The summed E-state index contributed by atoms with van der Waals surface area (Å²) in [6, 6.07) is 9.35. The lowest BCUT2D eigenvalue weighted by atomic mass is 9.86. The fourth-order valence-electron chi connectivity index (χ4n) is 2.46. The summed E-state index contributed by atoms with van der Waals surface area (Å²) in [6.45, 7) is 6.67. The van der Waals surface area contributed by atoms with Crippen LogP contribution in [0.25, 0.3) is 0 Å². The van der Waals surface area contributed by atoms with E-state index in [9.17, 15) is 4.79 Å². The van der Waals surface area contributed by atoms with E-state index in [0.29, 0.717) is 16.5 Å². The van der Waals surface area contributed by atoms with Crippen molar-refractivity contribution in [2.24, 2.45) is 5.41 Å². The van der Waals surface area contributed by atoms with Gasteiger partial charge in [0.15, 0.2) is 0 Å². The predicted molar refractivity (Wildman–Crippen MR) is 101 cm³/mol. The van der Waals surface area contributed by atoms with Gasteiger partial charge in [-0.25, -0.2) is 0 Å². The Balaban J connectivity index is 2.03. The number of thiophene rings is 1. The van der Waals surface area contributed by atoms with Crippen molar-refractivity contribution in [3.63, 3.8) is 0 Å². The summed E-state index contributed by atoms with van der Waals surface area (Å²) in [5, 5.41) is 8.80. The minimum absolute atomic E-state index is 0.00111. The van der Waals surface area contributed by atoms with Gasteiger partial charge < -0.3 is 15.4 Å². The first kappa shape index (κ1) is 18.8. The molecule has 0 bridgehead atoms. The number of nitrogens with one attached hydrogen (secondary N) is 2.